The largest absolute Gasteiger partial charge is 0.416 e. The smallest absolute Gasteiger partial charge is 0.324 e. The van der Waals surface area contributed by atoms with Crippen LogP contribution in [0, 0.1) is 0 Å². The van der Waals surface area contributed by atoms with Gasteiger partial charge in [0.25, 0.3) is 0 Å². The van der Waals surface area contributed by atoms with Gasteiger partial charge in [0.15, 0.2) is 0 Å². The number of alkyl halides is 3. The lowest BCUT2D eigenvalue weighted by Gasteiger charge is -2.11. The van der Waals surface area contributed by atoms with Gasteiger partial charge in [0.1, 0.15) is 0 Å². The first-order valence-corrected chi connectivity index (χ1v) is 11.1. The molecule has 1 heterocycles. The Morgan fingerprint density at radius 3 is 2.23 bits per heavy atom. The van der Waals surface area contributed by atoms with Crippen LogP contribution in [-0.4, -0.2) is 4.98 Å². The summed E-state index contributed by atoms with van der Waals surface area (Å²) in [6, 6.07) is 24.9. The molecule has 3 aromatic carbocycles. The molecule has 31 heavy (non-hydrogen) atoms. The molecular weight excluding hydrogens is 439 g/mol. The van der Waals surface area contributed by atoms with Crippen LogP contribution in [0.1, 0.15) is 11.3 Å². The molecule has 0 spiro atoms. The molecule has 0 fully saturated rings. The molecule has 8 heteroatoms. The fourth-order valence-corrected chi connectivity index (χ4v) is 4.22. The summed E-state index contributed by atoms with van der Waals surface area (Å²) in [5, 5.41) is 0.984. The van der Waals surface area contributed by atoms with Crippen molar-refractivity contribution in [2.45, 2.75) is 22.5 Å². The molecule has 0 unspecified atom stereocenters. The maximum absolute atomic E-state index is 12.7. The van der Waals surface area contributed by atoms with E-state index in [0.29, 0.717) is 11.4 Å². The van der Waals surface area contributed by atoms with Crippen LogP contribution in [0.3, 0.4) is 0 Å². The Morgan fingerprint density at radius 1 is 0.742 bits per heavy atom. The number of fused-ring (bicyclic) bond motifs is 1. The van der Waals surface area contributed by atoms with Crippen molar-refractivity contribution in [3.63, 3.8) is 0 Å². The van der Waals surface area contributed by atoms with E-state index in [0.717, 1.165) is 39.3 Å². The van der Waals surface area contributed by atoms with E-state index in [9.17, 15) is 13.2 Å². The third-order valence-electron chi connectivity index (χ3n) is 4.42. The van der Waals surface area contributed by atoms with Crippen molar-refractivity contribution in [1.29, 1.82) is 0 Å². The van der Waals surface area contributed by atoms with Crippen LogP contribution in [0.2, 0.25) is 0 Å². The Morgan fingerprint density at radius 2 is 1.48 bits per heavy atom. The van der Waals surface area contributed by atoms with Crippen molar-refractivity contribution < 1.29 is 13.2 Å². The van der Waals surface area contributed by atoms with E-state index < -0.39 is 11.7 Å². The summed E-state index contributed by atoms with van der Waals surface area (Å²) in [6.07, 6.45) is -4.33. The minimum absolute atomic E-state index is 0.593. The molecule has 0 atom stereocenters. The van der Waals surface area contributed by atoms with Gasteiger partial charge in [-0.2, -0.15) is 13.2 Å². The van der Waals surface area contributed by atoms with Crippen LogP contribution < -0.4 is 9.44 Å². The fourth-order valence-electron chi connectivity index (χ4n) is 2.88. The first kappa shape index (κ1) is 21.5. The highest BCUT2D eigenvalue weighted by Gasteiger charge is 2.29. The molecule has 4 aromatic rings. The standard InChI is InChI=1S/C23H18F3N3S2/c24-23(25,26)17-10-13-20(14-11-17)31-29-21-8-4-5-16-9-12-18(28-22(16)21)15-27-30-19-6-2-1-3-7-19/h1-14,27,29H,15H2. The van der Waals surface area contributed by atoms with Crippen LogP contribution >= 0.6 is 23.9 Å². The second-order valence-electron chi connectivity index (χ2n) is 6.64. The lowest BCUT2D eigenvalue weighted by atomic mass is 10.2. The van der Waals surface area contributed by atoms with Crippen LogP contribution in [0.4, 0.5) is 18.9 Å². The molecule has 3 nitrogen and oxygen atoms in total. The molecule has 0 amide bonds. The monoisotopic (exact) mass is 457 g/mol. The van der Waals surface area contributed by atoms with Gasteiger partial charge in [0.05, 0.1) is 22.5 Å². The number of halogens is 3. The minimum Gasteiger partial charge on any atom is -0.324 e. The number of pyridine rings is 1. The second kappa shape index (κ2) is 9.64. The molecule has 4 rings (SSSR count). The lowest BCUT2D eigenvalue weighted by Crippen LogP contribution is -2.05. The van der Waals surface area contributed by atoms with Gasteiger partial charge in [0.2, 0.25) is 0 Å². The van der Waals surface area contributed by atoms with Gasteiger partial charge in [-0.3, -0.25) is 4.72 Å². The van der Waals surface area contributed by atoms with E-state index in [2.05, 4.69) is 9.44 Å². The summed E-state index contributed by atoms with van der Waals surface area (Å²) in [6.45, 7) is 0.593. The highest BCUT2D eigenvalue weighted by Crippen LogP contribution is 2.32. The quantitative estimate of drug-likeness (QED) is 0.288. The van der Waals surface area contributed by atoms with E-state index in [4.69, 9.17) is 4.98 Å². The van der Waals surface area contributed by atoms with Crippen LogP contribution in [0.15, 0.2) is 94.7 Å². The van der Waals surface area contributed by atoms with Crippen molar-refractivity contribution in [3.05, 3.63) is 96.2 Å². The summed E-state index contributed by atoms with van der Waals surface area (Å²) in [5.74, 6) is 0. The Balaban J connectivity index is 1.44. The number of aromatic nitrogens is 1. The van der Waals surface area contributed by atoms with Gasteiger partial charge in [-0.15, -0.1) is 0 Å². The second-order valence-corrected chi connectivity index (χ2v) is 8.49. The van der Waals surface area contributed by atoms with E-state index in [1.807, 2.05) is 60.7 Å². The van der Waals surface area contributed by atoms with Crippen molar-refractivity contribution in [2.24, 2.45) is 0 Å². The van der Waals surface area contributed by atoms with Gasteiger partial charge in [-0.05, 0) is 72.4 Å². The number of hydrogen-bond donors (Lipinski definition) is 2. The van der Waals surface area contributed by atoms with E-state index in [-0.39, 0.29) is 0 Å². The minimum atomic E-state index is -4.33. The highest BCUT2D eigenvalue weighted by molar-refractivity contribution is 8.00. The number of nitrogens with zero attached hydrogens (tertiary/aromatic N) is 1. The molecular formula is C23H18F3N3S2. The number of nitrogens with one attached hydrogen (secondary N) is 2. The van der Waals surface area contributed by atoms with Crippen LogP contribution in [0.5, 0.6) is 0 Å². The Bertz CT molecular complexity index is 1150. The first-order valence-electron chi connectivity index (χ1n) is 9.42. The number of hydrogen-bond acceptors (Lipinski definition) is 5. The summed E-state index contributed by atoms with van der Waals surface area (Å²) in [5.41, 5.74) is 1.85. The number of rotatable bonds is 7. The van der Waals surface area contributed by atoms with E-state index in [1.54, 1.807) is 11.9 Å². The van der Waals surface area contributed by atoms with E-state index >= 15 is 0 Å². The molecule has 0 bridgehead atoms. The maximum Gasteiger partial charge on any atom is 0.416 e. The number of benzene rings is 3. The van der Waals surface area contributed by atoms with Gasteiger partial charge in [-0.25, -0.2) is 4.98 Å². The average Bonchev–Trinajstić information content (AvgIpc) is 2.78. The van der Waals surface area contributed by atoms with Crippen LogP contribution in [-0.2, 0) is 12.7 Å². The zero-order chi connectivity index (χ0) is 21.7. The summed E-state index contributed by atoms with van der Waals surface area (Å²) in [4.78, 5) is 6.57. The number of para-hydroxylation sites is 1. The normalized spacial score (nSPS) is 11.6. The van der Waals surface area contributed by atoms with Crippen molar-refractivity contribution >= 4 is 40.5 Å². The third-order valence-corrected chi connectivity index (χ3v) is 6.05. The topological polar surface area (TPSA) is 37.0 Å². The van der Waals surface area contributed by atoms with Crippen molar-refractivity contribution in [1.82, 2.24) is 9.71 Å². The molecule has 158 valence electrons. The van der Waals surface area contributed by atoms with Gasteiger partial charge < -0.3 is 4.72 Å². The Kier molecular flexibility index (Phi) is 6.70. The Hall–Kier alpha value is -2.68. The summed E-state index contributed by atoms with van der Waals surface area (Å²) in [7, 11) is 0. The predicted molar refractivity (Wildman–Crippen MR) is 122 cm³/mol. The molecule has 0 aliphatic heterocycles. The zero-order valence-corrected chi connectivity index (χ0v) is 17.8. The Labute approximate surface area is 186 Å². The first-order chi connectivity index (χ1) is 15.0. The zero-order valence-electron chi connectivity index (χ0n) is 16.2. The molecule has 0 saturated heterocycles. The SMILES string of the molecule is FC(F)(F)c1ccc(SNc2cccc3ccc(CNSc4ccccc4)nc23)cc1. The van der Waals surface area contributed by atoms with Crippen LogP contribution in [0.25, 0.3) is 10.9 Å². The molecule has 0 radical (unpaired) electrons. The third kappa shape index (κ3) is 5.72. The number of anilines is 1. The molecule has 0 saturated carbocycles. The average molecular weight is 458 g/mol. The maximum atomic E-state index is 12.7. The predicted octanol–water partition coefficient (Wildman–Crippen LogP) is 7.17. The van der Waals surface area contributed by atoms with Crippen molar-refractivity contribution in [2.75, 3.05) is 4.72 Å². The summed E-state index contributed by atoms with van der Waals surface area (Å²) >= 11 is 2.80. The molecule has 0 aliphatic carbocycles. The lowest BCUT2D eigenvalue weighted by molar-refractivity contribution is -0.137. The molecule has 0 aliphatic rings. The van der Waals surface area contributed by atoms with Gasteiger partial charge in [-0.1, -0.05) is 36.4 Å². The molecule has 1 aromatic heterocycles. The highest BCUT2D eigenvalue weighted by atomic mass is 32.2. The fraction of sp³-hybridized carbons (Fsp3) is 0.0870. The summed E-state index contributed by atoms with van der Waals surface area (Å²) < 4.78 is 44.7. The van der Waals surface area contributed by atoms with Crippen molar-refractivity contribution in [3.8, 4) is 0 Å². The van der Waals surface area contributed by atoms with Gasteiger partial charge >= 0.3 is 6.18 Å². The van der Waals surface area contributed by atoms with E-state index in [1.165, 1.54) is 24.1 Å². The van der Waals surface area contributed by atoms with Gasteiger partial charge in [0, 0.05) is 21.7 Å². The molecule has 2 N–H and O–H groups in total.